The topological polar surface area (TPSA) is 47.6 Å². The van der Waals surface area contributed by atoms with Gasteiger partial charge in [0.2, 0.25) is 0 Å². The Morgan fingerprint density at radius 2 is 1.00 bits per heavy atom. The molecule has 0 amide bonds. The van der Waals surface area contributed by atoms with Gasteiger partial charge in [0.15, 0.2) is 0 Å². The van der Waals surface area contributed by atoms with Crippen molar-refractivity contribution in [2.24, 2.45) is 0 Å². The van der Waals surface area contributed by atoms with Crippen molar-refractivity contribution >= 4 is 10.6 Å². The third-order valence-corrected chi connectivity index (χ3v) is 0. The van der Waals surface area contributed by atoms with Crippen LogP contribution >= 0.6 is 10.6 Å². The summed E-state index contributed by atoms with van der Waals surface area (Å²) in [6, 6.07) is 0. The average Bonchev–Trinajstić information content (AvgIpc) is 1.81. The molecule has 4 heteroatoms. The Hall–Kier alpha value is -0.281. The van der Waals surface area contributed by atoms with Crippen LogP contribution in [0.25, 0.3) is 0 Å². The second-order valence-electron chi connectivity index (χ2n) is 0. The second-order valence-corrected chi connectivity index (χ2v) is 0. The summed E-state index contributed by atoms with van der Waals surface area (Å²) in [7, 11) is 3.65. The standard InChI is InChI=1S/2CN.Cu.S/c2*1-2;;/q2*-1;;. The second kappa shape index (κ2) is 830. The van der Waals surface area contributed by atoms with Gasteiger partial charge in [-0.2, -0.15) is 0 Å². The van der Waals surface area contributed by atoms with Gasteiger partial charge in [-0.15, -0.1) is 0 Å². The minimum absolute atomic E-state index is 3.65. The summed E-state index contributed by atoms with van der Waals surface area (Å²) < 4.78 is 0. The Labute approximate surface area is 49.1 Å². The molecule has 0 aliphatic rings. The molecule has 0 heterocycles. The number of hydrogen-bond acceptors (Lipinski definition) is 3. The molecule has 0 bridgehead atoms. The molecule has 0 spiro atoms. The molecule has 37 valence electrons. The van der Waals surface area contributed by atoms with E-state index in [2.05, 4.69) is 24.9 Å². The van der Waals surface area contributed by atoms with Crippen molar-refractivity contribution in [2.75, 3.05) is 0 Å². The molecule has 0 atom stereocenters. The van der Waals surface area contributed by atoms with E-state index >= 15 is 0 Å². The van der Waals surface area contributed by atoms with Crippen LogP contribution in [0.4, 0.5) is 0 Å². The van der Waals surface area contributed by atoms with Crippen LogP contribution in [0.3, 0.4) is 0 Å². The molecule has 0 aliphatic heterocycles. The fourth-order valence-corrected chi connectivity index (χ4v) is 0. The van der Waals surface area contributed by atoms with Crippen LogP contribution in [-0.2, 0) is 14.4 Å². The molecule has 0 aliphatic carbocycles. The van der Waals surface area contributed by atoms with Crippen molar-refractivity contribution in [2.45, 2.75) is 0 Å². The first kappa shape index (κ1) is 17.2. The summed E-state index contributed by atoms with van der Waals surface area (Å²) in [6.07, 6.45) is 0. The Morgan fingerprint density at radius 3 is 1.00 bits per heavy atom. The monoisotopic (exact) mass is 147 g/mol. The van der Waals surface area contributed by atoms with E-state index in [0.29, 0.717) is 0 Å². The Balaban J connectivity index is -0.0000000225. The van der Waals surface area contributed by atoms with E-state index < -0.39 is 0 Å². The Bertz CT molecular complexity index is 35.3. The van der Waals surface area contributed by atoms with Gasteiger partial charge in [-0.25, -0.2) is 0 Å². The molecule has 0 aromatic rings. The van der Waals surface area contributed by atoms with Crippen LogP contribution in [0, 0.1) is 23.7 Å². The summed E-state index contributed by atoms with van der Waals surface area (Å²) in [4.78, 5) is 0. The Kier molecular flexibility index (Phi) is 2380. The molecule has 2 nitrogen and oxygen atoms in total. The summed E-state index contributed by atoms with van der Waals surface area (Å²) in [5.41, 5.74) is 0. The molecular formula is C2CuN2S-2. The normalized spacial score (nSPS) is 1.67. The van der Waals surface area contributed by atoms with E-state index in [-0.39, 0.29) is 0 Å². The summed E-state index contributed by atoms with van der Waals surface area (Å²) >= 11 is 3.77. The van der Waals surface area contributed by atoms with Crippen LogP contribution in [0.15, 0.2) is 0 Å². The summed E-state index contributed by atoms with van der Waals surface area (Å²) in [6.45, 7) is 9.50. The van der Waals surface area contributed by atoms with Gasteiger partial charge in [0.1, 0.15) is 0 Å². The molecule has 0 saturated heterocycles. The predicted molar refractivity (Wildman–Crippen MR) is 17.5 cm³/mol. The molecule has 6 heavy (non-hydrogen) atoms. The fourth-order valence-electron chi connectivity index (χ4n) is 0. The number of hydrogen-bond donors (Lipinski definition) is 0. The molecule has 0 N–H and O–H groups in total. The molecule has 0 aromatic carbocycles. The van der Waals surface area contributed by atoms with Crippen LogP contribution in [-0.4, -0.2) is 0 Å². The van der Waals surface area contributed by atoms with Gasteiger partial charge < -0.3 is 23.7 Å². The maximum atomic E-state index is 6.25. The maximum absolute atomic E-state index is 6.25. The van der Waals surface area contributed by atoms with E-state index in [1.165, 1.54) is 0 Å². The molecular weight excluding hydrogens is 148 g/mol. The van der Waals surface area contributed by atoms with Crippen molar-refractivity contribution < 1.29 is 14.4 Å². The van der Waals surface area contributed by atoms with Gasteiger partial charge >= 0.3 is 24.9 Å². The van der Waals surface area contributed by atoms with Crippen molar-refractivity contribution in [3.8, 4) is 0 Å². The number of rotatable bonds is 0. The molecule has 0 saturated carbocycles. The zero-order chi connectivity index (χ0) is 6.00. The minimum atomic E-state index is 3.65. The van der Waals surface area contributed by atoms with Gasteiger partial charge in [0, 0.05) is 0 Å². The quantitative estimate of drug-likeness (QED) is 0.377. The van der Waals surface area contributed by atoms with Gasteiger partial charge in [0.25, 0.3) is 0 Å². The zero-order valence-electron chi connectivity index (χ0n) is 2.60. The SMILES string of the molecule is [C-]#N.[C-]#N.[S]=[Cu]. The first-order chi connectivity index (χ1) is 3.00. The van der Waals surface area contributed by atoms with E-state index in [9.17, 15) is 0 Å². The van der Waals surface area contributed by atoms with Crippen LogP contribution in [0.1, 0.15) is 0 Å². The zero-order valence-corrected chi connectivity index (χ0v) is 4.36. The molecule has 0 unspecified atom stereocenters. The average molecular weight is 148 g/mol. The van der Waals surface area contributed by atoms with Crippen molar-refractivity contribution in [3.05, 3.63) is 13.1 Å². The third kappa shape index (κ3) is 350. The third-order valence-electron chi connectivity index (χ3n) is 0. The van der Waals surface area contributed by atoms with Crippen molar-refractivity contribution in [3.63, 3.8) is 0 Å². The first-order valence-corrected chi connectivity index (χ1v) is 1.97. The fraction of sp³-hybridized carbons (Fsp3) is 0. The first-order valence-electron chi connectivity index (χ1n) is 0.570. The molecule has 0 rings (SSSR count). The van der Waals surface area contributed by atoms with E-state index in [1.54, 1.807) is 0 Å². The number of nitrogens with zero attached hydrogens (tertiary/aromatic N) is 2. The van der Waals surface area contributed by atoms with Gasteiger partial charge in [-0.1, -0.05) is 0 Å². The van der Waals surface area contributed by atoms with E-state index in [0.717, 1.165) is 0 Å². The summed E-state index contributed by atoms with van der Waals surface area (Å²) in [5, 5.41) is 12.5. The van der Waals surface area contributed by atoms with Crippen LogP contribution < -0.4 is 0 Å². The van der Waals surface area contributed by atoms with Gasteiger partial charge in [0.05, 0.1) is 0 Å². The summed E-state index contributed by atoms with van der Waals surface area (Å²) in [5.74, 6) is 0. The van der Waals surface area contributed by atoms with E-state index in [1.807, 2.05) is 0 Å². The van der Waals surface area contributed by atoms with Crippen LogP contribution in [0.2, 0.25) is 0 Å². The predicted octanol–water partition coefficient (Wildman–Crippen LogP) is 0.838. The van der Waals surface area contributed by atoms with Crippen LogP contribution in [0.5, 0.6) is 0 Å². The van der Waals surface area contributed by atoms with Crippen molar-refractivity contribution in [1.29, 1.82) is 10.5 Å². The van der Waals surface area contributed by atoms with Gasteiger partial charge in [-0.3, -0.25) is 0 Å². The van der Waals surface area contributed by atoms with Crippen molar-refractivity contribution in [1.82, 2.24) is 0 Å². The Morgan fingerprint density at radius 1 is 1.00 bits per heavy atom. The molecule has 0 fully saturated rings. The molecule has 0 radical (unpaired) electrons. The van der Waals surface area contributed by atoms with Gasteiger partial charge in [-0.05, 0) is 0 Å². The molecule has 0 aromatic heterocycles. The van der Waals surface area contributed by atoms with E-state index in [4.69, 9.17) is 23.7 Å².